The minimum Gasteiger partial charge on any atom is -0.353 e. The Morgan fingerprint density at radius 2 is 2.00 bits per heavy atom. The SMILES string of the molecule is CCC(C)(C)P(O)(=S)Cl. The van der Waals surface area contributed by atoms with Crippen LogP contribution in [0.2, 0.25) is 0 Å². The summed E-state index contributed by atoms with van der Waals surface area (Å²) < 4.78 is 0. The van der Waals surface area contributed by atoms with Crippen molar-refractivity contribution in [2.24, 2.45) is 0 Å². The van der Waals surface area contributed by atoms with Crippen molar-refractivity contribution in [3.05, 3.63) is 0 Å². The Bertz CT molecular complexity index is 140. The molecule has 0 rings (SSSR count). The lowest BCUT2D eigenvalue weighted by Gasteiger charge is -2.26. The molecule has 0 aromatic heterocycles. The van der Waals surface area contributed by atoms with E-state index in [0.717, 1.165) is 6.42 Å². The van der Waals surface area contributed by atoms with E-state index in [2.05, 4.69) is 0 Å². The molecule has 0 aliphatic heterocycles. The van der Waals surface area contributed by atoms with Gasteiger partial charge in [0.25, 0.3) is 0 Å². The van der Waals surface area contributed by atoms with Crippen molar-refractivity contribution in [1.29, 1.82) is 0 Å². The fraction of sp³-hybridized carbons (Fsp3) is 1.00. The summed E-state index contributed by atoms with van der Waals surface area (Å²) in [6, 6.07) is 0. The average Bonchev–Trinajstić information content (AvgIpc) is 1.64. The predicted molar refractivity (Wildman–Crippen MR) is 46.7 cm³/mol. The van der Waals surface area contributed by atoms with Crippen LogP contribution in [0.15, 0.2) is 0 Å². The molecule has 1 atom stereocenters. The van der Waals surface area contributed by atoms with Crippen LogP contribution >= 0.6 is 16.9 Å². The second kappa shape index (κ2) is 2.87. The van der Waals surface area contributed by atoms with Crippen molar-refractivity contribution < 1.29 is 4.89 Å². The highest BCUT2D eigenvalue weighted by Crippen LogP contribution is 2.60. The van der Waals surface area contributed by atoms with Gasteiger partial charge in [0.2, 0.25) is 0 Å². The van der Waals surface area contributed by atoms with E-state index in [9.17, 15) is 4.89 Å². The second-order valence-corrected chi connectivity index (χ2v) is 8.54. The zero-order valence-electron chi connectivity index (χ0n) is 5.89. The summed E-state index contributed by atoms with van der Waals surface area (Å²) in [5.41, 5.74) is -2.56. The van der Waals surface area contributed by atoms with E-state index in [1.807, 2.05) is 20.8 Å². The van der Waals surface area contributed by atoms with Crippen LogP contribution in [0.3, 0.4) is 0 Å². The van der Waals surface area contributed by atoms with Crippen molar-refractivity contribution in [3.8, 4) is 0 Å². The lowest BCUT2D eigenvalue weighted by molar-refractivity contribution is 0.562. The van der Waals surface area contributed by atoms with Gasteiger partial charge in [0, 0.05) is 5.16 Å². The maximum atomic E-state index is 9.24. The van der Waals surface area contributed by atoms with Crippen LogP contribution in [0.5, 0.6) is 0 Å². The van der Waals surface area contributed by atoms with Gasteiger partial charge in [-0.05, 0) is 18.2 Å². The minimum absolute atomic E-state index is 0.274. The molecule has 0 saturated heterocycles. The summed E-state index contributed by atoms with van der Waals surface area (Å²) in [6.45, 7) is 5.75. The van der Waals surface area contributed by atoms with Crippen LogP contribution < -0.4 is 0 Å². The van der Waals surface area contributed by atoms with Crippen LogP contribution in [0.1, 0.15) is 27.2 Å². The molecule has 0 amide bonds. The molecule has 0 aromatic carbocycles. The smallest absolute Gasteiger partial charge is 0.154 e. The molecule has 1 nitrogen and oxygen atoms in total. The normalized spacial score (nSPS) is 19.2. The Kier molecular flexibility index (Phi) is 3.16. The van der Waals surface area contributed by atoms with Gasteiger partial charge >= 0.3 is 0 Å². The third-order valence-electron chi connectivity index (χ3n) is 1.61. The van der Waals surface area contributed by atoms with E-state index >= 15 is 0 Å². The molecule has 9 heavy (non-hydrogen) atoms. The van der Waals surface area contributed by atoms with Crippen LogP contribution in [0.4, 0.5) is 0 Å². The predicted octanol–water partition coefficient (Wildman–Crippen LogP) is 2.72. The van der Waals surface area contributed by atoms with Gasteiger partial charge in [-0.1, -0.05) is 32.0 Å². The molecule has 0 saturated carbocycles. The highest BCUT2D eigenvalue weighted by molar-refractivity contribution is 8.24. The molecule has 1 N–H and O–H groups in total. The first kappa shape index (κ1) is 9.90. The van der Waals surface area contributed by atoms with Crippen molar-refractivity contribution in [2.75, 3.05) is 0 Å². The third kappa shape index (κ3) is 2.55. The summed E-state index contributed by atoms with van der Waals surface area (Å²) in [4.78, 5) is 9.24. The Morgan fingerprint density at radius 1 is 1.67 bits per heavy atom. The molecule has 56 valence electrons. The first-order chi connectivity index (χ1) is 3.81. The van der Waals surface area contributed by atoms with E-state index < -0.39 is 5.62 Å². The quantitative estimate of drug-likeness (QED) is 0.670. The van der Waals surface area contributed by atoms with Crippen LogP contribution in [0.25, 0.3) is 0 Å². The van der Waals surface area contributed by atoms with Gasteiger partial charge in [0.1, 0.15) is 0 Å². The summed E-state index contributed by atoms with van der Waals surface area (Å²) in [7, 11) is 0. The maximum Gasteiger partial charge on any atom is 0.154 e. The van der Waals surface area contributed by atoms with Crippen molar-refractivity contribution in [1.82, 2.24) is 0 Å². The molecule has 0 bridgehead atoms. The summed E-state index contributed by atoms with van der Waals surface area (Å²) in [5.74, 6) is 0. The van der Waals surface area contributed by atoms with Gasteiger partial charge in [0.05, 0.1) is 0 Å². The number of hydrogen-bond acceptors (Lipinski definition) is 1. The molecule has 0 spiro atoms. The van der Waals surface area contributed by atoms with Crippen LogP contribution in [0, 0.1) is 0 Å². The molecule has 1 unspecified atom stereocenters. The first-order valence-electron chi connectivity index (χ1n) is 2.84. The largest absolute Gasteiger partial charge is 0.353 e. The van der Waals surface area contributed by atoms with Crippen molar-refractivity contribution >= 4 is 28.7 Å². The molecule has 4 heteroatoms. The Labute approximate surface area is 66.3 Å². The third-order valence-corrected chi connectivity index (χ3v) is 6.28. The van der Waals surface area contributed by atoms with E-state index in [0.29, 0.717) is 0 Å². The van der Waals surface area contributed by atoms with Crippen molar-refractivity contribution in [2.45, 2.75) is 32.3 Å². The fourth-order valence-corrected chi connectivity index (χ4v) is 1.33. The minimum atomic E-state index is -2.56. The summed E-state index contributed by atoms with van der Waals surface area (Å²) in [6.07, 6.45) is 0.824. The Morgan fingerprint density at radius 3 is 2.00 bits per heavy atom. The summed E-state index contributed by atoms with van der Waals surface area (Å²) >= 11 is 10.4. The first-order valence-corrected chi connectivity index (χ1v) is 6.50. The van der Waals surface area contributed by atoms with Crippen LogP contribution in [-0.2, 0) is 11.8 Å². The molecule has 0 radical (unpaired) electrons. The van der Waals surface area contributed by atoms with Gasteiger partial charge < -0.3 is 4.89 Å². The molecule has 0 aliphatic rings. The molecule has 0 heterocycles. The van der Waals surface area contributed by atoms with E-state index in [1.54, 1.807) is 0 Å². The molecule has 0 aliphatic carbocycles. The van der Waals surface area contributed by atoms with E-state index in [4.69, 9.17) is 23.0 Å². The number of rotatable bonds is 2. The average molecular weight is 187 g/mol. The Hall–Kier alpha value is 0.900. The topological polar surface area (TPSA) is 20.2 Å². The van der Waals surface area contributed by atoms with Gasteiger partial charge in [-0.3, -0.25) is 0 Å². The van der Waals surface area contributed by atoms with Gasteiger partial charge in [-0.15, -0.1) is 0 Å². The Balaban J connectivity index is 4.34. The highest BCUT2D eigenvalue weighted by Gasteiger charge is 2.30. The number of halogens is 1. The highest BCUT2D eigenvalue weighted by atomic mass is 35.7. The molecular weight excluding hydrogens is 175 g/mol. The van der Waals surface area contributed by atoms with Crippen molar-refractivity contribution in [3.63, 3.8) is 0 Å². The van der Waals surface area contributed by atoms with E-state index in [1.165, 1.54) is 0 Å². The van der Waals surface area contributed by atoms with Crippen LogP contribution in [-0.4, -0.2) is 10.0 Å². The summed E-state index contributed by atoms with van der Waals surface area (Å²) in [5, 5.41) is -0.274. The zero-order chi connectivity index (χ0) is 7.71. The molecule has 0 aromatic rings. The standard InChI is InChI=1S/C5H12ClOPS/c1-4-5(2,3)8(6,7)9/h4H2,1-3H3,(H,7,9). The maximum absolute atomic E-state index is 9.24. The van der Waals surface area contributed by atoms with Gasteiger partial charge in [-0.25, -0.2) is 0 Å². The van der Waals surface area contributed by atoms with Gasteiger partial charge in [-0.2, -0.15) is 0 Å². The monoisotopic (exact) mass is 186 g/mol. The van der Waals surface area contributed by atoms with E-state index in [-0.39, 0.29) is 5.16 Å². The molecule has 0 fully saturated rings. The lowest BCUT2D eigenvalue weighted by atomic mass is 10.1. The zero-order valence-corrected chi connectivity index (χ0v) is 8.35. The fourth-order valence-electron chi connectivity index (χ4n) is 0.195. The second-order valence-electron chi connectivity index (χ2n) is 2.67. The molecular formula is C5H12ClOPS. The number of hydrogen-bond donors (Lipinski definition) is 1. The van der Waals surface area contributed by atoms with Gasteiger partial charge in [0.15, 0.2) is 5.62 Å². The lowest BCUT2D eigenvalue weighted by Crippen LogP contribution is -2.15.